The fourth-order valence-electron chi connectivity index (χ4n) is 2.73. The number of aromatic nitrogens is 1. The highest BCUT2D eigenvalue weighted by Gasteiger charge is 2.41. The van der Waals surface area contributed by atoms with Crippen LogP contribution in [0.1, 0.15) is 19.4 Å². The zero-order chi connectivity index (χ0) is 17.9. The first-order valence-electron chi connectivity index (χ1n) is 8.14. The Morgan fingerprint density at radius 3 is 2.60 bits per heavy atom. The number of rotatable bonds is 5. The second kappa shape index (κ2) is 7.03. The number of ketones is 1. The maximum absolute atomic E-state index is 12.9. The van der Waals surface area contributed by atoms with Gasteiger partial charge in [-0.15, -0.1) is 0 Å². The molecule has 0 unspecified atom stereocenters. The van der Waals surface area contributed by atoms with Crippen molar-refractivity contribution >= 4 is 17.5 Å². The summed E-state index contributed by atoms with van der Waals surface area (Å²) in [5.74, 6) is -0.0626. The molecule has 0 radical (unpaired) electrons. The van der Waals surface area contributed by atoms with Crippen LogP contribution in [0.2, 0.25) is 0 Å². The summed E-state index contributed by atoms with van der Waals surface area (Å²) in [7, 11) is 0. The maximum Gasteiger partial charge on any atom is 0.329 e. The summed E-state index contributed by atoms with van der Waals surface area (Å²) in [6.07, 6.45) is 3.55. The maximum atomic E-state index is 12.9. The summed E-state index contributed by atoms with van der Waals surface area (Å²) in [5, 5.41) is 0. The molecule has 0 atom stereocenters. The Kier molecular flexibility index (Phi) is 4.81. The molecule has 6 nitrogen and oxygen atoms in total. The average Bonchev–Trinajstić information content (AvgIpc) is 2.63. The molecule has 2 aromatic rings. The quantitative estimate of drug-likeness (QED) is 0.840. The molecule has 1 aromatic heterocycles. The molecular weight excluding hydrogens is 318 g/mol. The van der Waals surface area contributed by atoms with Gasteiger partial charge in [-0.3, -0.25) is 19.6 Å². The number of ether oxygens (including phenoxy) is 1. The molecule has 1 aliphatic heterocycles. The number of urea groups is 1. The van der Waals surface area contributed by atoms with E-state index in [0.717, 1.165) is 11.3 Å². The van der Waals surface area contributed by atoms with Gasteiger partial charge in [-0.25, -0.2) is 4.79 Å². The second-order valence-corrected chi connectivity index (χ2v) is 6.46. The number of benzene rings is 1. The van der Waals surface area contributed by atoms with Gasteiger partial charge in [0, 0.05) is 24.5 Å². The van der Waals surface area contributed by atoms with Crippen molar-refractivity contribution in [3.8, 4) is 0 Å². The first-order valence-corrected chi connectivity index (χ1v) is 8.14. The number of hydrogen-bond acceptors (Lipinski definition) is 4. The van der Waals surface area contributed by atoms with E-state index in [4.69, 9.17) is 4.74 Å². The summed E-state index contributed by atoms with van der Waals surface area (Å²) in [6.45, 7) is 3.77. The molecule has 25 heavy (non-hydrogen) atoms. The summed E-state index contributed by atoms with van der Waals surface area (Å²) in [4.78, 5) is 32.8. The van der Waals surface area contributed by atoms with Crippen LogP contribution in [-0.4, -0.2) is 40.7 Å². The largest absolute Gasteiger partial charge is 0.340 e. The summed E-state index contributed by atoms with van der Waals surface area (Å²) >= 11 is 0. The number of amides is 2. The number of para-hydroxylation sites is 1. The van der Waals surface area contributed by atoms with E-state index < -0.39 is 5.54 Å². The molecule has 1 aromatic carbocycles. The van der Waals surface area contributed by atoms with Gasteiger partial charge in [-0.05, 0) is 37.6 Å². The van der Waals surface area contributed by atoms with Crippen LogP contribution in [0.3, 0.4) is 0 Å². The van der Waals surface area contributed by atoms with E-state index >= 15 is 0 Å². The van der Waals surface area contributed by atoms with Crippen molar-refractivity contribution in [1.82, 2.24) is 9.88 Å². The van der Waals surface area contributed by atoms with Crippen LogP contribution >= 0.6 is 0 Å². The van der Waals surface area contributed by atoms with Gasteiger partial charge in [-0.2, -0.15) is 0 Å². The SMILES string of the molecule is CC(C)(C(=O)Cc1cccnc1)N1COCN(c2ccccc2)C1=O. The van der Waals surface area contributed by atoms with Gasteiger partial charge in [0.2, 0.25) is 0 Å². The molecule has 0 aliphatic carbocycles. The van der Waals surface area contributed by atoms with Gasteiger partial charge in [0.15, 0.2) is 5.78 Å². The van der Waals surface area contributed by atoms with Crippen LogP contribution in [0.25, 0.3) is 0 Å². The van der Waals surface area contributed by atoms with Gasteiger partial charge >= 0.3 is 6.03 Å². The number of anilines is 1. The third kappa shape index (κ3) is 3.53. The van der Waals surface area contributed by atoms with Gasteiger partial charge in [0.1, 0.15) is 19.0 Å². The van der Waals surface area contributed by atoms with E-state index in [1.165, 1.54) is 9.80 Å². The molecule has 2 heterocycles. The number of carbonyl (C=O) groups excluding carboxylic acids is 2. The minimum atomic E-state index is -0.986. The average molecular weight is 339 g/mol. The van der Waals surface area contributed by atoms with E-state index in [0.29, 0.717) is 0 Å². The van der Waals surface area contributed by atoms with Gasteiger partial charge in [-0.1, -0.05) is 24.3 Å². The van der Waals surface area contributed by atoms with Gasteiger partial charge in [0.05, 0.1) is 0 Å². The minimum Gasteiger partial charge on any atom is -0.340 e. The minimum absolute atomic E-state index is 0.0626. The van der Waals surface area contributed by atoms with Crippen LogP contribution in [-0.2, 0) is 16.0 Å². The van der Waals surface area contributed by atoms with Crippen molar-refractivity contribution in [2.45, 2.75) is 25.8 Å². The van der Waals surface area contributed by atoms with E-state index in [2.05, 4.69) is 4.98 Å². The Labute approximate surface area is 147 Å². The van der Waals surface area contributed by atoms with E-state index in [1.807, 2.05) is 36.4 Å². The Balaban J connectivity index is 1.79. The van der Waals surface area contributed by atoms with Crippen molar-refractivity contribution in [3.05, 3.63) is 60.4 Å². The molecule has 130 valence electrons. The number of carbonyl (C=O) groups is 2. The molecule has 0 bridgehead atoms. The molecule has 1 fully saturated rings. The van der Waals surface area contributed by atoms with Crippen LogP contribution in [0, 0.1) is 0 Å². The third-order valence-electron chi connectivity index (χ3n) is 4.42. The summed E-state index contributed by atoms with van der Waals surface area (Å²) < 4.78 is 5.57. The zero-order valence-electron chi connectivity index (χ0n) is 14.4. The number of pyridine rings is 1. The Hall–Kier alpha value is -2.73. The molecule has 1 aliphatic rings. The molecule has 3 rings (SSSR count). The predicted molar refractivity (Wildman–Crippen MR) is 94.0 cm³/mol. The number of hydrogen-bond donors (Lipinski definition) is 0. The van der Waals surface area contributed by atoms with Crippen molar-refractivity contribution in [2.75, 3.05) is 18.4 Å². The lowest BCUT2D eigenvalue weighted by Gasteiger charge is -2.43. The lowest BCUT2D eigenvalue weighted by molar-refractivity contribution is -0.131. The molecule has 0 N–H and O–H groups in total. The normalized spacial score (nSPS) is 15.4. The molecule has 0 saturated carbocycles. The monoisotopic (exact) mass is 339 g/mol. The van der Waals surface area contributed by atoms with Crippen LogP contribution in [0.4, 0.5) is 10.5 Å². The fraction of sp³-hybridized carbons (Fsp3) is 0.316. The van der Waals surface area contributed by atoms with Crippen LogP contribution in [0.15, 0.2) is 54.9 Å². The lowest BCUT2D eigenvalue weighted by Crippen LogP contribution is -2.61. The van der Waals surface area contributed by atoms with Crippen molar-refractivity contribution < 1.29 is 14.3 Å². The second-order valence-electron chi connectivity index (χ2n) is 6.46. The molecule has 6 heteroatoms. The zero-order valence-corrected chi connectivity index (χ0v) is 14.4. The molecule has 2 amide bonds. The highest BCUT2D eigenvalue weighted by molar-refractivity contribution is 5.98. The van der Waals surface area contributed by atoms with Crippen molar-refractivity contribution in [1.29, 1.82) is 0 Å². The highest BCUT2D eigenvalue weighted by atomic mass is 16.5. The lowest BCUT2D eigenvalue weighted by atomic mass is 9.92. The van der Waals surface area contributed by atoms with Gasteiger partial charge < -0.3 is 4.74 Å². The topological polar surface area (TPSA) is 62.7 Å². The summed E-state index contributed by atoms with van der Waals surface area (Å²) in [6, 6.07) is 12.7. The number of Topliss-reactive ketones (excluding diaryl/α,β-unsaturated/α-hetero) is 1. The highest BCUT2D eigenvalue weighted by Crippen LogP contribution is 2.26. The Morgan fingerprint density at radius 2 is 1.92 bits per heavy atom. The first kappa shape index (κ1) is 17.1. The van der Waals surface area contributed by atoms with Crippen molar-refractivity contribution in [3.63, 3.8) is 0 Å². The fourth-order valence-corrected chi connectivity index (χ4v) is 2.73. The van der Waals surface area contributed by atoms with Crippen LogP contribution in [0.5, 0.6) is 0 Å². The Morgan fingerprint density at radius 1 is 1.16 bits per heavy atom. The smallest absolute Gasteiger partial charge is 0.329 e. The molecular formula is C19H21N3O3. The summed E-state index contributed by atoms with van der Waals surface area (Å²) in [5.41, 5.74) is 0.582. The van der Waals surface area contributed by atoms with E-state index in [-0.39, 0.29) is 31.7 Å². The predicted octanol–water partition coefficient (Wildman–Crippen LogP) is 2.85. The standard InChI is InChI=1S/C19H21N3O3/c1-19(2,17(23)11-15-7-6-10-20-12-15)22-14-25-13-21(18(22)24)16-8-4-3-5-9-16/h3-10,12H,11,13-14H2,1-2H3. The van der Waals surface area contributed by atoms with Gasteiger partial charge in [0.25, 0.3) is 0 Å². The van der Waals surface area contributed by atoms with Crippen molar-refractivity contribution in [2.24, 2.45) is 0 Å². The van der Waals surface area contributed by atoms with Crippen LogP contribution < -0.4 is 4.90 Å². The van der Waals surface area contributed by atoms with E-state index in [9.17, 15) is 9.59 Å². The molecule has 0 spiro atoms. The third-order valence-corrected chi connectivity index (χ3v) is 4.42. The van der Waals surface area contributed by atoms with E-state index in [1.54, 1.807) is 32.3 Å². The first-order chi connectivity index (χ1) is 12.0. The Bertz CT molecular complexity index is 747. The molecule has 1 saturated heterocycles. The number of nitrogens with zero attached hydrogens (tertiary/aromatic N) is 3.